The molecule has 174 valence electrons. The third kappa shape index (κ3) is 7.69. The summed E-state index contributed by atoms with van der Waals surface area (Å²) >= 11 is 2.00. The molecule has 6 unspecified atom stereocenters. The Kier molecular flexibility index (Phi) is 11.0. The van der Waals surface area contributed by atoms with E-state index in [0.29, 0.717) is 5.41 Å². The van der Waals surface area contributed by atoms with Gasteiger partial charge in [0.05, 0.1) is 6.04 Å². The summed E-state index contributed by atoms with van der Waals surface area (Å²) < 4.78 is 0. The molecular weight excluding hydrogens is 386 g/mol. The van der Waals surface area contributed by atoms with E-state index in [0.717, 1.165) is 35.3 Å². The topological polar surface area (TPSA) is 29.1 Å². The van der Waals surface area contributed by atoms with Crippen LogP contribution in [-0.2, 0) is 4.79 Å². The zero-order chi connectivity index (χ0) is 22.1. The Balaban J connectivity index is 0.000000204. The normalized spacial score (nSPS) is 34.9. The second-order valence-corrected chi connectivity index (χ2v) is 11.9. The molecule has 30 heavy (non-hydrogen) atoms. The summed E-state index contributed by atoms with van der Waals surface area (Å²) in [4.78, 5) is 11.4. The lowest BCUT2D eigenvalue weighted by Crippen LogP contribution is -2.36. The number of likely N-dealkylation sites (N-methyl/N-ethyl adjacent to an activating group) is 1. The lowest BCUT2D eigenvalue weighted by atomic mass is 9.63. The van der Waals surface area contributed by atoms with Crippen molar-refractivity contribution in [3.05, 3.63) is 11.5 Å². The van der Waals surface area contributed by atoms with E-state index in [9.17, 15) is 4.79 Å². The van der Waals surface area contributed by atoms with Crippen LogP contribution < -0.4 is 5.32 Å². The number of fused-ring (bicyclic) bond motifs is 2. The zero-order valence-corrected chi connectivity index (χ0v) is 21.5. The lowest BCUT2D eigenvalue weighted by molar-refractivity contribution is -0.119. The fraction of sp³-hybridized carbons (Fsp3) is 0.889. The monoisotopic (exact) mass is 435 g/mol. The van der Waals surface area contributed by atoms with Gasteiger partial charge in [0.2, 0.25) is 0 Å². The number of hydrogen-bond acceptors (Lipinski definition) is 3. The highest BCUT2D eigenvalue weighted by Crippen LogP contribution is 2.47. The number of carbonyl (C=O) groups excluding carboxylic acids is 1. The van der Waals surface area contributed by atoms with Gasteiger partial charge in [-0.2, -0.15) is 0 Å². The molecule has 0 bridgehead atoms. The van der Waals surface area contributed by atoms with E-state index in [1.807, 2.05) is 32.7 Å². The van der Waals surface area contributed by atoms with Crippen molar-refractivity contribution in [1.82, 2.24) is 5.32 Å². The van der Waals surface area contributed by atoms with Crippen LogP contribution in [0.4, 0.5) is 0 Å². The van der Waals surface area contributed by atoms with Crippen LogP contribution in [0, 0.1) is 29.1 Å². The van der Waals surface area contributed by atoms with Crippen LogP contribution in [0.1, 0.15) is 105 Å². The first-order valence-corrected chi connectivity index (χ1v) is 13.8. The van der Waals surface area contributed by atoms with Gasteiger partial charge in [-0.05, 0) is 93.4 Å². The summed E-state index contributed by atoms with van der Waals surface area (Å²) in [6.45, 7) is 10.6. The van der Waals surface area contributed by atoms with Gasteiger partial charge in [0, 0.05) is 5.25 Å². The number of carbonyl (C=O) groups is 1. The Hall–Kier alpha value is -0.280. The average Bonchev–Trinajstić information content (AvgIpc) is 3.21. The van der Waals surface area contributed by atoms with Crippen LogP contribution in [0.5, 0.6) is 0 Å². The highest BCUT2D eigenvalue weighted by atomic mass is 32.2. The van der Waals surface area contributed by atoms with Gasteiger partial charge in [-0.25, -0.2) is 0 Å². The van der Waals surface area contributed by atoms with Crippen molar-refractivity contribution in [1.29, 1.82) is 0 Å². The first kappa shape index (κ1) is 26.0. The van der Waals surface area contributed by atoms with Crippen molar-refractivity contribution < 1.29 is 4.79 Å². The van der Waals surface area contributed by atoms with Gasteiger partial charge in [0.25, 0.3) is 0 Å². The number of rotatable bonds is 4. The van der Waals surface area contributed by atoms with E-state index >= 15 is 0 Å². The summed E-state index contributed by atoms with van der Waals surface area (Å²) in [5, 5.41) is 6.23. The molecule has 3 heteroatoms. The predicted octanol–water partition coefficient (Wildman–Crippen LogP) is 7.63. The van der Waals surface area contributed by atoms with Gasteiger partial charge >= 0.3 is 0 Å². The van der Waals surface area contributed by atoms with Crippen LogP contribution in [0.15, 0.2) is 11.5 Å². The molecule has 0 radical (unpaired) electrons. The van der Waals surface area contributed by atoms with Crippen molar-refractivity contribution in [3.8, 4) is 0 Å². The summed E-state index contributed by atoms with van der Waals surface area (Å²) in [5.74, 6) is 3.99. The minimum atomic E-state index is 0.0691. The van der Waals surface area contributed by atoms with Crippen molar-refractivity contribution >= 4 is 17.5 Å². The molecule has 3 saturated carbocycles. The summed E-state index contributed by atoms with van der Waals surface area (Å²) in [7, 11) is 1.89. The van der Waals surface area contributed by atoms with E-state index in [4.69, 9.17) is 0 Å². The average molecular weight is 436 g/mol. The Morgan fingerprint density at radius 2 is 1.80 bits per heavy atom. The van der Waals surface area contributed by atoms with Gasteiger partial charge in [0.15, 0.2) is 0 Å². The second-order valence-electron chi connectivity index (χ2n) is 10.7. The van der Waals surface area contributed by atoms with E-state index in [1.165, 1.54) is 57.8 Å². The molecule has 6 atom stereocenters. The number of ketones is 1. The Morgan fingerprint density at radius 3 is 2.47 bits per heavy atom. The van der Waals surface area contributed by atoms with Crippen molar-refractivity contribution in [3.63, 3.8) is 0 Å². The van der Waals surface area contributed by atoms with E-state index in [1.54, 1.807) is 13.3 Å². The van der Waals surface area contributed by atoms with E-state index in [-0.39, 0.29) is 11.8 Å². The van der Waals surface area contributed by atoms with Crippen LogP contribution in [-0.4, -0.2) is 24.1 Å². The molecule has 3 fully saturated rings. The van der Waals surface area contributed by atoms with Crippen molar-refractivity contribution in [2.24, 2.45) is 29.1 Å². The molecule has 4 aliphatic rings. The predicted molar refractivity (Wildman–Crippen MR) is 134 cm³/mol. The number of Topliss-reactive ketones (excluding diaryl/α,β-unsaturated/α-hetero) is 1. The number of allylic oxidation sites excluding steroid dienone is 1. The summed E-state index contributed by atoms with van der Waals surface area (Å²) in [6.07, 6.45) is 17.9. The Labute approximate surface area is 191 Å². The van der Waals surface area contributed by atoms with Crippen molar-refractivity contribution in [2.75, 3.05) is 7.05 Å². The minimum Gasteiger partial charge on any atom is -0.311 e. The highest BCUT2D eigenvalue weighted by Gasteiger charge is 2.35. The van der Waals surface area contributed by atoms with Crippen LogP contribution in [0.2, 0.25) is 0 Å². The lowest BCUT2D eigenvalue weighted by Gasteiger charge is -2.43. The van der Waals surface area contributed by atoms with Gasteiger partial charge in [0.1, 0.15) is 5.78 Å². The molecule has 0 spiro atoms. The van der Waals surface area contributed by atoms with E-state index in [2.05, 4.69) is 30.6 Å². The maximum Gasteiger partial charge on any atom is 0.146 e. The van der Waals surface area contributed by atoms with Crippen LogP contribution in [0.3, 0.4) is 0 Å². The molecule has 0 saturated heterocycles. The molecule has 3 aliphatic carbocycles. The minimum absolute atomic E-state index is 0.0691. The molecule has 0 aromatic carbocycles. The zero-order valence-electron chi connectivity index (χ0n) is 20.7. The van der Waals surface area contributed by atoms with Gasteiger partial charge < -0.3 is 5.32 Å². The Morgan fingerprint density at radius 1 is 1.10 bits per heavy atom. The van der Waals surface area contributed by atoms with Crippen LogP contribution >= 0.6 is 11.8 Å². The quantitative estimate of drug-likeness (QED) is 0.492. The number of hydrogen-bond donors (Lipinski definition) is 1. The maximum absolute atomic E-state index is 11.4. The summed E-state index contributed by atoms with van der Waals surface area (Å²) in [5.41, 5.74) is 0.665. The largest absolute Gasteiger partial charge is 0.311 e. The highest BCUT2D eigenvalue weighted by molar-refractivity contribution is 8.03. The van der Waals surface area contributed by atoms with E-state index < -0.39 is 0 Å². The molecule has 1 aliphatic heterocycles. The second kappa shape index (κ2) is 12.7. The SMILES string of the molecule is CC.CC1(C)CCC2CCCCC2C1.CNC(CC1CCC2SC=CC2C1)C(C)=O. The Bertz CT molecular complexity index is 543. The fourth-order valence-electron chi connectivity index (χ4n) is 6.24. The standard InChI is InChI=1S/C13H21NOS.C12H22.C2H6/c1-9(15)12(14-2)8-10-3-4-13-11(7-10)5-6-16-13;1-12(2)8-7-10-5-3-4-6-11(10)9-12;1-2/h5-6,10-14H,3-4,7-8H2,1-2H3;10-11H,3-9H2,1-2H3;1-2H3. The van der Waals surface area contributed by atoms with Gasteiger partial charge in [-0.1, -0.05) is 59.5 Å². The molecule has 1 heterocycles. The van der Waals surface area contributed by atoms with Gasteiger partial charge in [-0.15, -0.1) is 11.8 Å². The number of thioether (sulfide) groups is 1. The molecule has 2 nitrogen and oxygen atoms in total. The van der Waals surface area contributed by atoms with Crippen LogP contribution in [0.25, 0.3) is 0 Å². The van der Waals surface area contributed by atoms with Gasteiger partial charge in [-0.3, -0.25) is 4.79 Å². The molecule has 0 aromatic heterocycles. The molecule has 0 amide bonds. The maximum atomic E-state index is 11.4. The third-order valence-corrected chi connectivity index (χ3v) is 9.25. The fourth-order valence-corrected chi connectivity index (χ4v) is 7.41. The number of nitrogens with one attached hydrogen (secondary N) is 1. The van der Waals surface area contributed by atoms with Crippen molar-refractivity contribution in [2.45, 2.75) is 117 Å². The first-order valence-electron chi connectivity index (χ1n) is 12.9. The molecule has 4 rings (SSSR count). The molecule has 1 N–H and O–H groups in total. The molecule has 0 aromatic rings. The summed E-state index contributed by atoms with van der Waals surface area (Å²) in [6, 6.07) is 0.0691. The first-order chi connectivity index (χ1) is 14.4. The third-order valence-electron chi connectivity index (χ3n) is 8.00. The molecular formula is C27H49NOS. The smallest absolute Gasteiger partial charge is 0.146 e.